The maximum atomic E-state index is 12.7. The van der Waals surface area contributed by atoms with Gasteiger partial charge in [0.25, 0.3) is 10.2 Å². The number of esters is 1. The number of hydrogen-bond acceptors (Lipinski definition) is 4. The normalized spacial score (nSPS) is 31.2. The minimum Gasteiger partial charge on any atom is -0.466 e. The molecule has 1 heterocycles. The van der Waals surface area contributed by atoms with Gasteiger partial charge < -0.3 is 4.74 Å². The molecular weight excluding hydrogens is 376 g/mol. The maximum absolute atomic E-state index is 12.7. The molecule has 28 heavy (non-hydrogen) atoms. The van der Waals surface area contributed by atoms with Crippen LogP contribution in [-0.4, -0.2) is 44.4 Å². The van der Waals surface area contributed by atoms with Gasteiger partial charge in [-0.1, -0.05) is 25.1 Å². The Morgan fingerprint density at radius 1 is 1.29 bits per heavy atom. The standard InChI is InChI=1S/C21H28N2O4S/c1-3-10-23-14-21(22-28(23,25)26)18-7-8-19(21)13-17-11-15(4-6-16(17)12-18)5-9-20(24)27-2/h4-6,9,11,18-19,22H,3,7-8,10,12-14H2,1-2H3/b9-5+/t18-,19+,21-/m1/s1. The van der Waals surface area contributed by atoms with Crippen molar-refractivity contribution in [1.82, 2.24) is 9.03 Å². The van der Waals surface area contributed by atoms with Crippen LogP contribution in [0.3, 0.4) is 0 Å². The molecule has 2 bridgehead atoms. The van der Waals surface area contributed by atoms with Crippen LogP contribution in [0.4, 0.5) is 0 Å². The highest BCUT2D eigenvalue weighted by molar-refractivity contribution is 7.87. The summed E-state index contributed by atoms with van der Waals surface area (Å²) < 4.78 is 34.8. The third-order valence-electron chi connectivity index (χ3n) is 6.67. The number of ether oxygens (including phenoxy) is 1. The third-order valence-corrected chi connectivity index (χ3v) is 8.30. The molecule has 1 saturated carbocycles. The summed E-state index contributed by atoms with van der Waals surface area (Å²) in [4.78, 5) is 11.4. The molecule has 1 aromatic rings. The van der Waals surface area contributed by atoms with Crippen molar-refractivity contribution in [3.8, 4) is 0 Å². The second-order valence-electron chi connectivity index (χ2n) is 8.25. The lowest BCUT2D eigenvalue weighted by Crippen LogP contribution is -2.52. The lowest BCUT2D eigenvalue weighted by molar-refractivity contribution is -0.134. The SMILES string of the molecule is CCCN1C[C@@]2(NS1(=O)=O)[C@@H]1CC[C@H]2Cc2cc(/C=C/C(=O)OC)ccc2C1. The van der Waals surface area contributed by atoms with Crippen molar-refractivity contribution in [2.45, 2.75) is 44.6 Å². The van der Waals surface area contributed by atoms with Crippen molar-refractivity contribution >= 4 is 22.3 Å². The van der Waals surface area contributed by atoms with Gasteiger partial charge in [0.2, 0.25) is 0 Å². The van der Waals surface area contributed by atoms with E-state index < -0.39 is 10.2 Å². The largest absolute Gasteiger partial charge is 0.466 e. The highest BCUT2D eigenvalue weighted by Gasteiger charge is 2.59. The van der Waals surface area contributed by atoms with Crippen LogP contribution in [-0.2, 0) is 32.6 Å². The fourth-order valence-electron chi connectivity index (χ4n) is 5.31. The van der Waals surface area contributed by atoms with Gasteiger partial charge >= 0.3 is 5.97 Å². The number of methoxy groups -OCH3 is 1. The number of rotatable bonds is 4. The van der Waals surface area contributed by atoms with Crippen LogP contribution in [0.15, 0.2) is 24.3 Å². The summed E-state index contributed by atoms with van der Waals surface area (Å²) >= 11 is 0. The van der Waals surface area contributed by atoms with Gasteiger partial charge in [0.15, 0.2) is 0 Å². The number of nitrogens with one attached hydrogen (secondary N) is 1. The van der Waals surface area contributed by atoms with E-state index in [9.17, 15) is 13.2 Å². The van der Waals surface area contributed by atoms with E-state index in [1.807, 2.05) is 13.0 Å². The van der Waals surface area contributed by atoms with E-state index in [0.717, 1.165) is 37.7 Å². The number of nitrogens with zero attached hydrogens (tertiary/aromatic N) is 1. The lowest BCUT2D eigenvalue weighted by atomic mass is 9.79. The molecule has 6 nitrogen and oxygen atoms in total. The van der Waals surface area contributed by atoms with Crippen LogP contribution in [0, 0.1) is 11.8 Å². The zero-order chi connectivity index (χ0) is 19.9. The van der Waals surface area contributed by atoms with E-state index in [0.29, 0.717) is 24.9 Å². The van der Waals surface area contributed by atoms with Crippen LogP contribution in [0.25, 0.3) is 6.08 Å². The molecule has 2 fully saturated rings. The van der Waals surface area contributed by atoms with Crippen molar-refractivity contribution in [3.05, 3.63) is 41.0 Å². The molecule has 2 aliphatic carbocycles. The van der Waals surface area contributed by atoms with E-state index >= 15 is 0 Å². The molecule has 1 aliphatic heterocycles. The van der Waals surface area contributed by atoms with Gasteiger partial charge in [-0.2, -0.15) is 17.4 Å². The van der Waals surface area contributed by atoms with Gasteiger partial charge in [0.1, 0.15) is 0 Å². The zero-order valence-corrected chi connectivity index (χ0v) is 17.3. The monoisotopic (exact) mass is 404 g/mol. The van der Waals surface area contributed by atoms with Gasteiger partial charge in [-0.25, -0.2) is 4.79 Å². The predicted molar refractivity (Wildman–Crippen MR) is 108 cm³/mol. The Morgan fingerprint density at radius 2 is 2.00 bits per heavy atom. The smallest absolute Gasteiger partial charge is 0.330 e. The van der Waals surface area contributed by atoms with Crippen molar-refractivity contribution in [2.75, 3.05) is 20.2 Å². The van der Waals surface area contributed by atoms with Crippen LogP contribution in [0.5, 0.6) is 0 Å². The van der Waals surface area contributed by atoms with Gasteiger partial charge in [-0.15, -0.1) is 0 Å². The average Bonchev–Trinajstić information content (AvgIpc) is 3.05. The summed E-state index contributed by atoms with van der Waals surface area (Å²) in [7, 11) is -2.03. The molecular formula is C21H28N2O4S. The molecule has 1 aromatic carbocycles. The fraction of sp³-hybridized carbons (Fsp3) is 0.571. The first kappa shape index (κ1) is 19.6. The van der Waals surface area contributed by atoms with Crippen molar-refractivity contribution < 1.29 is 17.9 Å². The fourth-order valence-corrected chi connectivity index (χ4v) is 7.12. The lowest BCUT2D eigenvalue weighted by Gasteiger charge is -2.33. The van der Waals surface area contributed by atoms with E-state index in [2.05, 4.69) is 21.6 Å². The summed E-state index contributed by atoms with van der Waals surface area (Å²) in [5.41, 5.74) is 3.19. The predicted octanol–water partition coefficient (Wildman–Crippen LogP) is 2.30. The average molecular weight is 405 g/mol. The molecule has 1 saturated heterocycles. The minimum atomic E-state index is -3.40. The highest BCUT2D eigenvalue weighted by atomic mass is 32.2. The van der Waals surface area contributed by atoms with E-state index in [1.54, 1.807) is 10.4 Å². The van der Waals surface area contributed by atoms with Crippen LogP contribution in [0.2, 0.25) is 0 Å². The van der Waals surface area contributed by atoms with Crippen LogP contribution >= 0.6 is 0 Å². The minimum absolute atomic E-state index is 0.301. The molecule has 7 heteroatoms. The van der Waals surface area contributed by atoms with Crippen molar-refractivity contribution in [2.24, 2.45) is 11.8 Å². The quantitative estimate of drug-likeness (QED) is 0.617. The molecule has 4 rings (SSSR count). The summed E-state index contributed by atoms with van der Waals surface area (Å²) in [6, 6.07) is 6.29. The first-order valence-corrected chi connectivity index (χ1v) is 11.5. The molecule has 1 N–H and O–H groups in total. The second-order valence-corrected chi connectivity index (χ2v) is 9.92. The Labute approximate surface area is 167 Å². The van der Waals surface area contributed by atoms with Crippen LogP contribution < -0.4 is 4.72 Å². The summed E-state index contributed by atoms with van der Waals surface area (Å²) in [6.07, 6.45) is 7.91. The number of benzene rings is 1. The number of carbonyl (C=O) groups excluding carboxylic acids is 1. The summed E-state index contributed by atoms with van der Waals surface area (Å²) in [5, 5.41) is 0. The number of fused-ring (bicyclic) bond motifs is 1. The summed E-state index contributed by atoms with van der Waals surface area (Å²) in [5.74, 6) is 0.256. The highest BCUT2D eigenvalue weighted by Crippen LogP contribution is 2.50. The second kappa shape index (κ2) is 7.28. The Balaban J connectivity index is 1.63. The summed E-state index contributed by atoms with van der Waals surface area (Å²) in [6.45, 7) is 3.18. The topological polar surface area (TPSA) is 75.7 Å². The molecule has 152 valence electrons. The molecule has 0 aromatic heterocycles. The molecule has 0 amide bonds. The maximum Gasteiger partial charge on any atom is 0.330 e. The van der Waals surface area contributed by atoms with E-state index in [1.165, 1.54) is 24.3 Å². The van der Waals surface area contributed by atoms with Gasteiger partial charge in [0, 0.05) is 19.2 Å². The molecule has 3 aliphatic rings. The molecule has 0 radical (unpaired) electrons. The Kier molecular flexibility index (Phi) is 5.10. The Bertz CT molecular complexity index is 911. The first-order chi connectivity index (χ1) is 13.4. The molecule has 1 spiro atoms. The zero-order valence-electron chi connectivity index (χ0n) is 16.5. The third kappa shape index (κ3) is 3.29. The molecule has 0 unspecified atom stereocenters. The van der Waals surface area contributed by atoms with Gasteiger partial charge in [-0.3, -0.25) is 0 Å². The van der Waals surface area contributed by atoms with E-state index in [4.69, 9.17) is 0 Å². The van der Waals surface area contributed by atoms with Crippen molar-refractivity contribution in [3.63, 3.8) is 0 Å². The van der Waals surface area contributed by atoms with Crippen LogP contribution in [0.1, 0.15) is 42.9 Å². The molecule has 3 atom stereocenters. The first-order valence-electron chi connectivity index (χ1n) is 10.0. The van der Waals surface area contributed by atoms with Gasteiger partial charge in [0.05, 0.1) is 12.6 Å². The Hall–Kier alpha value is -1.70. The number of hydrogen-bond donors (Lipinski definition) is 1. The van der Waals surface area contributed by atoms with Gasteiger partial charge in [-0.05, 0) is 66.7 Å². The number of carbonyl (C=O) groups is 1. The van der Waals surface area contributed by atoms with Crippen molar-refractivity contribution in [1.29, 1.82) is 0 Å². The van der Waals surface area contributed by atoms with E-state index in [-0.39, 0.29) is 11.5 Å². The Morgan fingerprint density at radius 3 is 2.68 bits per heavy atom.